The third kappa shape index (κ3) is 3.82. The molecular weight excluding hydrogens is 252 g/mol. The van der Waals surface area contributed by atoms with Crippen LogP contribution in [0, 0.1) is 17.8 Å². The maximum absolute atomic E-state index is 12.5. The summed E-state index contributed by atoms with van der Waals surface area (Å²) in [5.41, 5.74) is 1.17. The SMILES string of the molecule is CC(C)CN(C(=O)c1ccc(C#CCO)cn1)C1CC1. The second-order valence-electron chi connectivity index (χ2n) is 5.47. The molecule has 2 rings (SSSR count). The first-order valence-electron chi connectivity index (χ1n) is 6.98. The molecule has 0 saturated heterocycles. The largest absolute Gasteiger partial charge is 0.384 e. The molecule has 1 aliphatic rings. The summed E-state index contributed by atoms with van der Waals surface area (Å²) in [5.74, 6) is 5.79. The number of hydrogen-bond acceptors (Lipinski definition) is 3. The summed E-state index contributed by atoms with van der Waals surface area (Å²) in [6.07, 6.45) is 3.77. The highest BCUT2D eigenvalue weighted by molar-refractivity contribution is 5.92. The molecule has 1 heterocycles. The lowest BCUT2D eigenvalue weighted by Gasteiger charge is -2.24. The number of hydrogen-bond donors (Lipinski definition) is 1. The quantitative estimate of drug-likeness (QED) is 0.849. The maximum atomic E-state index is 12.5. The lowest BCUT2D eigenvalue weighted by Crippen LogP contribution is -2.36. The van der Waals surface area contributed by atoms with Crippen molar-refractivity contribution in [1.82, 2.24) is 9.88 Å². The number of carbonyl (C=O) groups excluding carboxylic acids is 1. The number of aliphatic hydroxyl groups excluding tert-OH is 1. The summed E-state index contributed by atoms with van der Waals surface area (Å²) in [4.78, 5) is 18.6. The predicted octanol–water partition coefficient (Wildman–Crippen LogP) is 1.69. The van der Waals surface area contributed by atoms with Crippen LogP contribution in [0.2, 0.25) is 0 Å². The number of nitrogens with zero attached hydrogens (tertiary/aromatic N) is 2. The second kappa shape index (κ2) is 6.53. The third-order valence-corrected chi connectivity index (χ3v) is 3.10. The van der Waals surface area contributed by atoms with Crippen LogP contribution >= 0.6 is 0 Å². The van der Waals surface area contributed by atoms with Crippen LogP contribution in [0.4, 0.5) is 0 Å². The van der Waals surface area contributed by atoms with Gasteiger partial charge in [-0.3, -0.25) is 4.79 Å². The lowest BCUT2D eigenvalue weighted by atomic mass is 10.2. The molecule has 4 heteroatoms. The van der Waals surface area contributed by atoms with Gasteiger partial charge in [-0.15, -0.1) is 0 Å². The molecule has 0 spiro atoms. The smallest absolute Gasteiger partial charge is 0.272 e. The van der Waals surface area contributed by atoms with Crippen molar-refractivity contribution in [1.29, 1.82) is 0 Å². The topological polar surface area (TPSA) is 53.4 Å². The Kier molecular flexibility index (Phi) is 4.75. The van der Waals surface area contributed by atoms with Gasteiger partial charge in [0.05, 0.1) is 0 Å². The maximum Gasteiger partial charge on any atom is 0.272 e. The normalized spacial score (nSPS) is 13.8. The van der Waals surface area contributed by atoms with Crippen LogP contribution in [-0.4, -0.2) is 40.1 Å². The van der Waals surface area contributed by atoms with Gasteiger partial charge in [0, 0.05) is 24.3 Å². The molecular formula is C16H20N2O2. The summed E-state index contributed by atoms with van der Waals surface area (Å²) >= 11 is 0. The highest BCUT2D eigenvalue weighted by atomic mass is 16.2. The molecule has 0 unspecified atom stereocenters. The molecule has 4 nitrogen and oxygen atoms in total. The van der Waals surface area contributed by atoms with Gasteiger partial charge in [0.2, 0.25) is 0 Å². The molecule has 0 atom stereocenters. The number of carbonyl (C=O) groups is 1. The van der Waals surface area contributed by atoms with Crippen LogP contribution in [0.5, 0.6) is 0 Å². The van der Waals surface area contributed by atoms with E-state index in [2.05, 4.69) is 30.7 Å². The summed E-state index contributed by atoms with van der Waals surface area (Å²) in [7, 11) is 0. The Balaban J connectivity index is 2.10. The van der Waals surface area contributed by atoms with Crippen LogP contribution < -0.4 is 0 Å². The summed E-state index contributed by atoms with van der Waals surface area (Å²) < 4.78 is 0. The second-order valence-corrected chi connectivity index (χ2v) is 5.47. The van der Waals surface area contributed by atoms with Gasteiger partial charge in [-0.25, -0.2) is 4.98 Å². The van der Waals surface area contributed by atoms with E-state index >= 15 is 0 Å². The first-order chi connectivity index (χ1) is 9.61. The molecule has 1 aromatic rings. The molecule has 0 radical (unpaired) electrons. The fourth-order valence-corrected chi connectivity index (χ4v) is 2.06. The fourth-order valence-electron chi connectivity index (χ4n) is 2.06. The number of aliphatic hydroxyl groups is 1. The molecule has 20 heavy (non-hydrogen) atoms. The monoisotopic (exact) mass is 272 g/mol. The van der Waals surface area contributed by atoms with E-state index in [4.69, 9.17) is 5.11 Å². The molecule has 1 saturated carbocycles. The zero-order valence-corrected chi connectivity index (χ0v) is 12.0. The number of rotatable bonds is 4. The van der Waals surface area contributed by atoms with Crippen molar-refractivity contribution < 1.29 is 9.90 Å². The predicted molar refractivity (Wildman–Crippen MR) is 77.1 cm³/mol. The summed E-state index contributed by atoms with van der Waals surface area (Å²) in [6, 6.07) is 3.86. The van der Waals surface area contributed by atoms with Crippen LogP contribution in [0.3, 0.4) is 0 Å². The molecule has 1 aliphatic carbocycles. The Hall–Kier alpha value is -1.86. The molecule has 1 aromatic heterocycles. The van der Waals surface area contributed by atoms with Gasteiger partial charge >= 0.3 is 0 Å². The van der Waals surface area contributed by atoms with E-state index in [0.717, 1.165) is 19.4 Å². The molecule has 1 fully saturated rings. The Morgan fingerprint density at radius 2 is 2.25 bits per heavy atom. The van der Waals surface area contributed by atoms with Gasteiger partial charge in [-0.1, -0.05) is 25.7 Å². The molecule has 1 N–H and O–H groups in total. The molecule has 0 aliphatic heterocycles. The molecule has 0 bridgehead atoms. The average molecular weight is 272 g/mol. The van der Waals surface area contributed by atoms with E-state index in [1.165, 1.54) is 0 Å². The van der Waals surface area contributed by atoms with Crippen molar-refractivity contribution in [3.8, 4) is 11.8 Å². The van der Waals surface area contributed by atoms with Crippen LogP contribution in [0.1, 0.15) is 42.7 Å². The number of pyridine rings is 1. The summed E-state index contributed by atoms with van der Waals surface area (Å²) in [5, 5.41) is 8.64. The first-order valence-corrected chi connectivity index (χ1v) is 6.98. The number of amides is 1. The lowest BCUT2D eigenvalue weighted by molar-refractivity contribution is 0.0716. The van der Waals surface area contributed by atoms with Crippen molar-refractivity contribution in [2.45, 2.75) is 32.7 Å². The fraction of sp³-hybridized carbons (Fsp3) is 0.500. The van der Waals surface area contributed by atoms with E-state index in [0.29, 0.717) is 23.2 Å². The van der Waals surface area contributed by atoms with E-state index in [9.17, 15) is 4.79 Å². The Labute approximate surface area is 119 Å². The zero-order chi connectivity index (χ0) is 14.5. The van der Waals surface area contributed by atoms with Crippen molar-refractivity contribution in [3.63, 3.8) is 0 Å². The van der Waals surface area contributed by atoms with Crippen molar-refractivity contribution in [3.05, 3.63) is 29.6 Å². The van der Waals surface area contributed by atoms with Gasteiger partial charge in [0.15, 0.2) is 0 Å². The van der Waals surface area contributed by atoms with Crippen LogP contribution in [0.15, 0.2) is 18.3 Å². The number of aromatic nitrogens is 1. The minimum Gasteiger partial charge on any atom is -0.384 e. The van der Waals surface area contributed by atoms with Gasteiger partial charge < -0.3 is 10.0 Å². The molecule has 1 amide bonds. The van der Waals surface area contributed by atoms with E-state index in [1.54, 1.807) is 18.3 Å². The standard InChI is InChI=1S/C16H20N2O2/c1-12(2)11-18(14-6-7-14)16(20)15-8-5-13(10-17-15)4-3-9-19/h5,8,10,12,14,19H,6-7,9,11H2,1-2H3. The highest BCUT2D eigenvalue weighted by Crippen LogP contribution is 2.28. The van der Waals surface area contributed by atoms with Gasteiger partial charge in [0.1, 0.15) is 12.3 Å². The van der Waals surface area contributed by atoms with Crippen molar-refractivity contribution in [2.24, 2.45) is 5.92 Å². The Bertz CT molecular complexity index is 522. The Morgan fingerprint density at radius 3 is 2.75 bits per heavy atom. The van der Waals surface area contributed by atoms with Gasteiger partial charge in [-0.05, 0) is 30.9 Å². The summed E-state index contributed by atoms with van der Waals surface area (Å²) in [6.45, 7) is 4.83. The molecule has 0 aromatic carbocycles. The van der Waals surface area contributed by atoms with Gasteiger partial charge in [0.25, 0.3) is 5.91 Å². The third-order valence-electron chi connectivity index (χ3n) is 3.10. The first kappa shape index (κ1) is 14.5. The highest BCUT2D eigenvalue weighted by Gasteiger charge is 2.33. The van der Waals surface area contributed by atoms with Crippen molar-refractivity contribution in [2.75, 3.05) is 13.2 Å². The van der Waals surface area contributed by atoms with Crippen molar-refractivity contribution >= 4 is 5.91 Å². The Morgan fingerprint density at radius 1 is 1.50 bits per heavy atom. The van der Waals surface area contributed by atoms with E-state index < -0.39 is 0 Å². The van der Waals surface area contributed by atoms with Gasteiger partial charge in [-0.2, -0.15) is 0 Å². The van der Waals surface area contributed by atoms with E-state index in [1.807, 2.05) is 4.90 Å². The van der Waals surface area contributed by atoms with E-state index in [-0.39, 0.29) is 12.5 Å². The average Bonchev–Trinajstić information content (AvgIpc) is 3.26. The minimum atomic E-state index is -0.176. The minimum absolute atomic E-state index is 0.00265. The van der Waals surface area contributed by atoms with Crippen LogP contribution in [-0.2, 0) is 0 Å². The molecule has 106 valence electrons. The van der Waals surface area contributed by atoms with Crippen LogP contribution in [0.25, 0.3) is 0 Å². The zero-order valence-electron chi connectivity index (χ0n) is 12.0.